The highest BCUT2D eigenvalue weighted by atomic mass is 35.5. The van der Waals surface area contributed by atoms with E-state index in [0.717, 1.165) is 13.0 Å². The second-order valence-electron chi connectivity index (χ2n) is 6.76. The van der Waals surface area contributed by atoms with Crippen LogP contribution in [0, 0.1) is 17.7 Å². The van der Waals surface area contributed by atoms with Gasteiger partial charge in [-0.25, -0.2) is 14.4 Å². The van der Waals surface area contributed by atoms with Crippen molar-refractivity contribution < 1.29 is 9.50 Å². The lowest BCUT2D eigenvalue weighted by atomic mass is 9.77. The fourth-order valence-electron chi connectivity index (χ4n) is 3.96. The molecular formula is C17H19ClFN5O. The first-order chi connectivity index (χ1) is 12.1. The largest absolute Gasteiger partial charge is 0.391 e. The number of rotatable bonds is 3. The summed E-state index contributed by atoms with van der Waals surface area (Å²) in [7, 11) is 0. The quantitative estimate of drug-likeness (QED) is 0.872. The van der Waals surface area contributed by atoms with Crippen molar-refractivity contribution in [2.24, 2.45) is 11.8 Å². The molecule has 4 atom stereocenters. The van der Waals surface area contributed by atoms with Gasteiger partial charge in [-0.3, -0.25) is 4.98 Å². The molecule has 4 rings (SSSR count). The number of hydrogen-bond acceptors (Lipinski definition) is 6. The van der Waals surface area contributed by atoms with E-state index in [-0.39, 0.29) is 6.04 Å². The lowest BCUT2D eigenvalue weighted by Gasteiger charge is -2.35. The van der Waals surface area contributed by atoms with Crippen molar-refractivity contribution >= 4 is 23.2 Å². The number of pyridine rings is 1. The number of hydrogen-bond donors (Lipinski definition) is 2. The molecule has 0 aromatic carbocycles. The van der Waals surface area contributed by atoms with Crippen molar-refractivity contribution in [2.45, 2.75) is 25.0 Å². The van der Waals surface area contributed by atoms with E-state index in [2.05, 4.69) is 20.3 Å². The minimum Gasteiger partial charge on any atom is -0.391 e. The summed E-state index contributed by atoms with van der Waals surface area (Å²) in [5, 5.41) is 14.0. The summed E-state index contributed by atoms with van der Waals surface area (Å²) in [6.07, 6.45) is 7.35. The summed E-state index contributed by atoms with van der Waals surface area (Å²) in [6.45, 7) is 1.42. The summed E-state index contributed by atoms with van der Waals surface area (Å²) in [4.78, 5) is 14.3. The Bertz CT molecular complexity index is 749. The van der Waals surface area contributed by atoms with Crippen molar-refractivity contribution in [3.05, 3.63) is 41.7 Å². The van der Waals surface area contributed by atoms with Crippen molar-refractivity contribution in [3.63, 3.8) is 0 Å². The van der Waals surface area contributed by atoms with Gasteiger partial charge in [0.05, 0.1) is 23.4 Å². The van der Waals surface area contributed by atoms with E-state index in [4.69, 9.17) is 11.6 Å². The highest BCUT2D eigenvalue weighted by molar-refractivity contribution is 6.30. The predicted molar refractivity (Wildman–Crippen MR) is 93.1 cm³/mol. The molecule has 0 amide bonds. The number of aliphatic hydroxyl groups excluding tert-OH is 1. The molecule has 1 saturated carbocycles. The van der Waals surface area contributed by atoms with Crippen LogP contribution in [-0.2, 0) is 0 Å². The highest BCUT2D eigenvalue weighted by Gasteiger charge is 2.42. The highest BCUT2D eigenvalue weighted by Crippen LogP contribution is 2.39. The summed E-state index contributed by atoms with van der Waals surface area (Å²) >= 11 is 5.79. The van der Waals surface area contributed by atoms with Gasteiger partial charge in [-0.15, -0.1) is 0 Å². The number of fused-ring (bicyclic) bond motifs is 1. The van der Waals surface area contributed by atoms with E-state index in [1.165, 1.54) is 12.3 Å². The van der Waals surface area contributed by atoms with E-state index in [1.54, 1.807) is 18.6 Å². The molecule has 0 radical (unpaired) electrons. The van der Waals surface area contributed by atoms with Gasteiger partial charge in [0.25, 0.3) is 0 Å². The van der Waals surface area contributed by atoms with Crippen molar-refractivity contribution in [2.75, 3.05) is 23.3 Å². The van der Waals surface area contributed by atoms with Crippen LogP contribution in [0.2, 0.25) is 5.02 Å². The van der Waals surface area contributed by atoms with Gasteiger partial charge in [-0.05, 0) is 30.7 Å². The van der Waals surface area contributed by atoms with Crippen molar-refractivity contribution in [1.82, 2.24) is 15.0 Å². The third kappa shape index (κ3) is 3.39. The SMILES string of the molecule is O[C@@H]1C[C@H]2CN(c3ncc(Cl)cc3F)C[C@H]2C[C@H]1Nc1cnccn1. The molecular weight excluding hydrogens is 345 g/mol. The van der Waals surface area contributed by atoms with Crippen LogP contribution in [0.4, 0.5) is 16.0 Å². The van der Waals surface area contributed by atoms with Crippen LogP contribution in [0.1, 0.15) is 12.8 Å². The average molecular weight is 364 g/mol. The first-order valence-electron chi connectivity index (χ1n) is 8.37. The Labute approximate surface area is 150 Å². The normalized spacial score (nSPS) is 28.7. The van der Waals surface area contributed by atoms with E-state index in [0.29, 0.717) is 41.5 Å². The maximum Gasteiger partial charge on any atom is 0.167 e. The van der Waals surface area contributed by atoms with E-state index >= 15 is 0 Å². The van der Waals surface area contributed by atoms with Gasteiger partial charge in [-0.1, -0.05) is 11.6 Å². The van der Waals surface area contributed by atoms with Crippen molar-refractivity contribution in [1.29, 1.82) is 0 Å². The van der Waals surface area contributed by atoms with E-state index in [9.17, 15) is 9.50 Å². The van der Waals surface area contributed by atoms with Gasteiger partial charge in [0.1, 0.15) is 5.82 Å². The summed E-state index contributed by atoms with van der Waals surface area (Å²) in [5.74, 6) is 1.29. The van der Waals surface area contributed by atoms with Crippen LogP contribution in [0.15, 0.2) is 30.9 Å². The molecule has 0 unspecified atom stereocenters. The summed E-state index contributed by atoms with van der Waals surface area (Å²) in [5.41, 5.74) is 0. The van der Waals surface area contributed by atoms with E-state index in [1.807, 2.05) is 4.90 Å². The zero-order valence-corrected chi connectivity index (χ0v) is 14.3. The third-order valence-corrected chi connectivity index (χ3v) is 5.33. The minimum atomic E-state index is -0.466. The number of nitrogens with zero attached hydrogens (tertiary/aromatic N) is 4. The Morgan fingerprint density at radius 1 is 1.16 bits per heavy atom. The molecule has 0 spiro atoms. The first kappa shape index (κ1) is 16.5. The molecule has 2 N–H and O–H groups in total. The molecule has 1 aliphatic heterocycles. The van der Waals surface area contributed by atoms with Crippen LogP contribution >= 0.6 is 11.6 Å². The molecule has 0 bridgehead atoms. The van der Waals surface area contributed by atoms with Crippen molar-refractivity contribution in [3.8, 4) is 0 Å². The average Bonchev–Trinajstić information content (AvgIpc) is 2.98. The molecule has 3 heterocycles. The maximum absolute atomic E-state index is 14.2. The predicted octanol–water partition coefficient (Wildman–Crippen LogP) is 2.35. The van der Waals surface area contributed by atoms with Crippen LogP contribution in [-0.4, -0.2) is 45.3 Å². The molecule has 25 heavy (non-hydrogen) atoms. The molecule has 1 aliphatic carbocycles. The van der Waals surface area contributed by atoms with Crippen LogP contribution in [0.5, 0.6) is 0 Å². The standard InChI is InChI=1S/C17H19ClFN5O/c18-12-5-13(19)17(22-6-12)24-8-10-3-14(15(25)4-11(10)9-24)23-16-7-20-1-2-21-16/h1-2,5-7,10-11,14-15,25H,3-4,8-9H2,(H,21,23)/t10-,11+,14-,15-/m1/s1. The number of aromatic nitrogens is 3. The Kier molecular flexibility index (Phi) is 4.43. The summed E-state index contributed by atoms with van der Waals surface area (Å²) in [6, 6.07) is 1.21. The third-order valence-electron chi connectivity index (χ3n) is 5.13. The fraction of sp³-hybridized carbons (Fsp3) is 0.471. The van der Waals surface area contributed by atoms with Gasteiger partial charge < -0.3 is 15.3 Å². The topological polar surface area (TPSA) is 74.2 Å². The lowest BCUT2D eigenvalue weighted by Crippen LogP contribution is -2.43. The lowest BCUT2D eigenvalue weighted by molar-refractivity contribution is 0.0737. The molecule has 2 fully saturated rings. The van der Waals surface area contributed by atoms with E-state index < -0.39 is 11.9 Å². The number of halogens is 2. The van der Waals surface area contributed by atoms with Gasteiger partial charge in [-0.2, -0.15) is 0 Å². The second-order valence-corrected chi connectivity index (χ2v) is 7.20. The molecule has 1 saturated heterocycles. The maximum atomic E-state index is 14.2. The molecule has 132 valence electrons. The molecule has 2 aliphatic rings. The smallest absolute Gasteiger partial charge is 0.167 e. The summed E-state index contributed by atoms with van der Waals surface area (Å²) < 4.78 is 14.2. The van der Waals surface area contributed by atoms with Gasteiger partial charge >= 0.3 is 0 Å². The Balaban J connectivity index is 1.46. The minimum absolute atomic E-state index is 0.0825. The van der Waals surface area contributed by atoms with Crippen LogP contribution in [0.25, 0.3) is 0 Å². The fourth-order valence-corrected chi connectivity index (χ4v) is 4.11. The zero-order valence-electron chi connectivity index (χ0n) is 13.5. The first-order valence-corrected chi connectivity index (χ1v) is 8.74. The number of anilines is 2. The molecule has 8 heteroatoms. The zero-order chi connectivity index (χ0) is 17.4. The van der Waals surface area contributed by atoms with Gasteiger partial charge in [0.15, 0.2) is 11.6 Å². The van der Waals surface area contributed by atoms with Crippen LogP contribution in [0.3, 0.4) is 0 Å². The monoisotopic (exact) mass is 363 g/mol. The second kappa shape index (κ2) is 6.72. The molecule has 6 nitrogen and oxygen atoms in total. The Hall–Kier alpha value is -1.99. The molecule has 2 aromatic heterocycles. The molecule has 2 aromatic rings. The van der Waals surface area contributed by atoms with Gasteiger partial charge in [0.2, 0.25) is 0 Å². The number of aliphatic hydroxyl groups is 1. The van der Waals surface area contributed by atoms with Crippen LogP contribution < -0.4 is 10.2 Å². The Morgan fingerprint density at radius 2 is 1.96 bits per heavy atom. The van der Waals surface area contributed by atoms with Gasteiger partial charge in [0, 0.05) is 31.7 Å². The number of nitrogens with one attached hydrogen (secondary N) is 1. The Morgan fingerprint density at radius 3 is 2.68 bits per heavy atom.